The molecule has 0 saturated carbocycles. The van der Waals surface area contributed by atoms with Gasteiger partial charge in [-0.05, 0) is 12.1 Å². The van der Waals surface area contributed by atoms with Gasteiger partial charge in [-0.2, -0.15) is 20.7 Å². The van der Waals surface area contributed by atoms with Crippen molar-refractivity contribution in [3.05, 3.63) is 30.0 Å². The number of benzene rings is 1. The van der Waals surface area contributed by atoms with Crippen LogP contribution in [0.3, 0.4) is 0 Å². The van der Waals surface area contributed by atoms with Gasteiger partial charge in [0.05, 0.1) is 12.8 Å². The van der Waals surface area contributed by atoms with Gasteiger partial charge < -0.3 is 9.64 Å². The SMILES string of the molecule is COC(=O)/C(C#N)=C/N(C)c1cccc2n[nH]nc12. The molecule has 0 bridgehead atoms. The molecule has 1 heterocycles. The molecule has 2 aromatic rings. The summed E-state index contributed by atoms with van der Waals surface area (Å²) < 4.78 is 4.52. The van der Waals surface area contributed by atoms with Crippen LogP contribution in [0.2, 0.25) is 0 Å². The Morgan fingerprint density at radius 2 is 2.32 bits per heavy atom. The molecule has 0 radical (unpaired) electrons. The Bertz CT molecular complexity index is 683. The number of rotatable bonds is 3. The van der Waals surface area contributed by atoms with E-state index in [-0.39, 0.29) is 5.57 Å². The summed E-state index contributed by atoms with van der Waals surface area (Å²) in [6.07, 6.45) is 1.40. The molecule has 0 aliphatic carbocycles. The fraction of sp³-hybridized carbons (Fsp3) is 0.167. The van der Waals surface area contributed by atoms with Crippen LogP contribution in [0, 0.1) is 11.3 Å². The maximum Gasteiger partial charge on any atom is 0.350 e. The number of nitriles is 1. The van der Waals surface area contributed by atoms with Crippen molar-refractivity contribution >= 4 is 22.7 Å². The number of carbonyl (C=O) groups excluding carboxylic acids is 1. The number of para-hydroxylation sites is 1. The Morgan fingerprint density at radius 1 is 1.53 bits per heavy atom. The van der Waals surface area contributed by atoms with Gasteiger partial charge in [-0.3, -0.25) is 0 Å². The molecule has 0 atom stereocenters. The minimum atomic E-state index is -0.679. The van der Waals surface area contributed by atoms with Crippen LogP contribution in [0.4, 0.5) is 5.69 Å². The fourth-order valence-corrected chi connectivity index (χ4v) is 1.64. The van der Waals surface area contributed by atoms with Crippen molar-refractivity contribution in [2.45, 2.75) is 0 Å². The Balaban J connectivity index is 2.42. The van der Waals surface area contributed by atoms with Gasteiger partial charge in [0, 0.05) is 13.2 Å². The minimum absolute atomic E-state index is 0.0921. The molecule has 7 nitrogen and oxygen atoms in total. The number of methoxy groups -OCH3 is 1. The van der Waals surface area contributed by atoms with Gasteiger partial charge in [0.1, 0.15) is 17.1 Å². The number of fused-ring (bicyclic) bond motifs is 1. The molecule has 0 saturated heterocycles. The maximum absolute atomic E-state index is 11.3. The molecule has 96 valence electrons. The molecule has 0 spiro atoms. The van der Waals surface area contributed by atoms with E-state index in [1.54, 1.807) is 18.0 Å². The van der Waals surface area contributed by atoms with Gasteiger partial charge in [-0.25, -0.2) is 4.79 Å². The molecule has 2 rings (SSSR count). The number of esters is 1. The smallest absolute Gasteiger partial charge is 0.350 e. The lowest BCUT2D eigenvalue weighted by molar-refractivity contribution is -0.135. The second-order valence-electron chi connectivity index (χ2n) is 3.73. The number of aromatic amines is 1. The highest BCUT2D eigenvalue weighted by atomic mass is 16.5. The molecule has 0 aliphatic heterocycles. The number of aromatic nitrogens is 3. The zero-order chi connectivity index (χ0) is 13.8. The van der Waals surface area contributed by atoms with Crippen LogP contribution in [0.15, 0.2) is 30.0 Å². The van der Waals surface area contributed by atoms with Crippen LogP contribution >= 0.6 is 0 Å². The number of hydrogen-bond acceptors (Lipinski definition) is 6. The van der Waals surface area contributed by atoms with Crippen molar-refractivity contribution < 1.29 is 9.53 Å². The van der Waals surface area contributed by atoms with Gasteiger partial charge in [0.2, 0.25) is 0 Å². The lowest BCUT2D eigenvalue weighted by atomic mass is 10.2. The van der Waals surface area contributed by atoms with Crippen molar-refractivity contribution in [1.29, 1.82) is 5.26 Å². The molecule has 19 heavy (non-hydrogen) atoms. The summed E-state index contributed by atoms with van der Waals surface area (Å²) >= 11 is 0. The van der Waals surface area contributed by atoms with E-state index in [0.29, 0.717) is 11.0 Å². The third-order valence-corrected chi connectivity index (χ3v) is 2.55. The van der Waals surface area contributed by atoms with E-state index in [4.69, 9.17) is 5.26 Å². The van der Waals surface area contributed by atoms with E-state index >= 15 is 0 Å². The maximum atomic E-state index is 11.3. The van der Waals surface area contributed by atoms with Gasteiger partial charge in [0.15, 0.2) is 5.57 Å². The lowest BCUT2D eigenvalue weighted by Crippen LogP contribution is -2.13. The molecular weight excluding hydrogens is 246 g/mol. The zero-order valence-corrected chi connectivity index (χ0v) is 10.4. The van der Waals surface area contributed by atoms with E-state index in [1.807, 2.05) is 18.2 Å². The van der Waals surface area contributed by atoms with E-state index in [1.165, 1.54) is 13.3 Å². The molecule has 1 aromatic heterocycles. The minimum Gasteiger partial charge on any atom is -0.465 e. The summed E-state index contributed by atoms with van der Waals surface area (Å²) in [7, 11) is 2.94. The molecule has 1 aromatic carbocycles. The van der Waals surface area contributed by atoms with Crippen LogP contribution in [-0.2, 0) is 9.53 Å². The number of ether oxygens (including phenoxy) is 1. The Labute approximate surface area is 109 Å². The van der Waals surface area contributed by atoms with Crippen molar-refractivity contribution in [3.63, 3.8) is 0 Å². The summed E-state index contributed by atoms with van der Waals surface area (Å²) in [5.74, 6) is -0.679. The second-order valence-corrected chi connectivity index (χ2v) is 3.73. The largest absolute Gasteiger partial charge is 0.465 e. The summed E-state index contributed by atoms with van der Waals surface area (Å²) in [5.41, 5.74) is 1.99. The van der Waals surface area contributed by atoms with Crippen molar-refractivity contribution in [3.8, 4) is 6.07 Å². The van der Waals surface area contributed by atoms with Crippen molar-refractivity contribution in [2.75, 3.05) is 19.1 Å². The molecule has 0 fully saturated rings. The number of carbonyl (C=O) groups is 1. The Kier molecular flexibility index (Phi) is 3.43. The second kappa shape index (κ2) is 5.18. The van der Waals surface area contributed by atoms with Gasteiger partial charge in [-0.1, -0.05) is 6.07 Å². The summed E-state index contributed by atoms with van der Waals surface area (Å²) in [6, 6.07) is 7.23. The molecule has 0 unspecified atom stereocenters. The topological polar surface area (TPSA) is 94.9 Å². The van der Waals surface area contributed by atoms with Crippen LogP contribution in [0.1, 0.15) is 0 Å². The van der Waals surface area contributed by atoms with E-state index in [0.717, 1.165) is 5.69 Å². The van der Waals surface area contributed by atoms with Crippen LogP contribution in [0.25, 0.3) is 11.0 Å². The average molecular weight is 257 g/mol. The molecular formula is C12H11N5O2. The normalized spacial score (nSPS) is 11.1. The van der Waals surface area contributed by atoms with Crippen molar-refractivity contribution in [1.82, 2.24) is 15.4 Å². The van der Waals surface area contributed by atoms with Crippen LogP contribution in [-0.4, -0.2) is 35.5 Å². The first-order chi connectivity index (χ1) is 9.17. The quantitative estimate of drug-likeness (QED) is 0.500. The Hall–Kier alpha value is -2.88. The van der Waals surface area contributed by atoms with Crippen LogP contribution in [0.5, 0.6) is 0 Å². The van der Waals surface area contributed by atoms with E-state index in [2.05, 4.69) is 20.1 Å². The molecule has 0 amide bonds. The summed E-state index contributed by atoms with van der Waals surface area (Å²) in [5, 5.41) is 19.5. The van der Waals surface area contributed by atoms with Gasteiger partial charge in [0.25, 0.3) is 0 Å². The summed E-state index contributed by atoms with van der Waals surface area (Å²) in [4.78, 5) is 13.0. The third-order valence-electron chi connectivity index (χ3n) is 2.55. The highest BCUT2D eigenvalue weighted by molar-refractivity contribution is 5.94. The highest BCUT2D eigenvalue weighted by Crippen LogP contribution is 2.22. The Morgan fingerprint density at radius 3 is 3.00 bits per heavy atom. The average Bonchev–Trinajstić information content (AvgIpc) is 2.91. The van der Waals surface area contributed by atoms with E-state index in [9.17, 15) is 4.79 Å². The third kappa shape index (κ3) is 2.37. The van der Waals surface area contributed by atoms with Crippen molar-refractivity contribution in [2.24, 2.45) is 0 Å². The number of nitrogens with zero attached hydrogens (tertiary/aromatic N) is 4. The fourth-order valence-electron chi connectivity index (χ4n) is 1.64. The van der Waals surface area contributed by atoms with Crippen LogP contribution < -0.4 is 4.90 Å². The predicted molar refractivity (Wildman–Crippen MR) is 68.0 cm³/mol. The van der Waals surface area contributed by atoms with Gasteiger partial charge >= 0.3 is 5.97 Å². The molecule has 7 heteroatoms. The monoisotopic (exact) mass is 257 g/mol. The standard InChI is InChI=1S/C12H11N5O2/c1-17(7-8(6-13)12(18)19-2)10-5-3-4-9-11(10)15-16-14-9/h3-5,7H,1-2H3,(H,14,15,16)/b8-7+. The molecule has 1 N–H and O–H groups in total. The van der Waals surface area contributed by atoms with Gasteiger partial charge in [-0.15, -0.1) is 0 Å². The predicted octanol–water partition coefficient (Wildman–Crippen LogP) is 0.975. The lowest BCUT2D eigenvalue weighted by Gasteiger charge is -2.14. The first-order valence-electron chi connectivity index (χ1n) is 5.40. The number of anilines is 1. The number of hydrogen-bond donors (Lipinski definition) is 1. The highest BCUT2D eigenvalue weighted by Gasteiger charge is 2.12. The number of H-pyrrole nitrogens is 1. The zero-order valence-electron chi connectivity index (χ0n) is 10.4. The summed E-state index contributed by atoms with van der Waals surface area (Å²) in [6.45, 7) is 0. The van der Waals surface area contributed by atoms with E-state index < -0.39 is 5.97 Å². The first kappa shape index (κ1) is 12.6. The molecule has 0 aliphatic rings. The number of nitrogens with one attached hydrogen (secondary N) is 1. The first-order valence-corrected chi connectivity index (χ1v) is 5.40.